The second-order valence-electron chi connectivity index (χ2n) is 14.1. The van der Waals surface area contributed by atoms with Crippen LogP contribution in [0.15, 0.2) is 188 Å². The third-order valence-corrected chi connectivity index (χ3v) is 10.9. The Kier molecular flexibility index (Phi) is 7.29. The first-order valence-electron chi connectivity index (χ1n) is 18.7. The molecule has 9 aromatic rings. The van der Waals surface area contributed by atoms with Crippen LogP contribution in [0.3, 0.4) is 0 Å². The standard InChI is InChI=1S/C50H31N5O/c1-4-14-32(15-5-1)43-28-29-44(55-54-43)35-25-27-39-38(30-35)37-26-24-36(31-42(37)50(39)40-20-10-12-22-45(40)56-46-23-13-11-21-41(46)50)49-52-47(33-16-6-2-7-17-33)51-48(53-49)34-18-8-3-9-19-34/h1-31H. The fourth-order valence-corrected chi connectivity index (χ4v) is 8.39. The Labute approximate surface area is 323 Å². The normalized spacial score (nSPS) is 12.9. The molecule has 2 aliphatic rings. The first kappa shape index (κ1) is 31.9. The molecule has 56 heavy (non-hydrogen) atoms. The summed E-state index contributed by atoms with van der Waals surface area (Å²) in [7, 11) is 0. The molecule has 3 heterocycles. The van der Waals surface area contributed by atoms with E-state index in [9.17, 15) is 0 Å². The summed E-state index contributed by atoms with van der Waals surface area (Å²) >= 11 is 0. The summed E-state index contributed by atoms with van der Waals surface area (Å²) in [5, 5.41) is 9.33. The molecule has 1 aliphatic heterocycles. The van der Waals surface area contributed by atoms with Crippen molar-refractivity contribution in [1.82, 2.24) is 25.1 Å². The maximum Gasteiger partial charge on any atom is 0.164 e. The van der Waals surface area contributed by atoms with Crippen LogP contribution in [-0.4, -0.2) is 25.1 Å². The van der Waals surface area contributed by atoms with Crippen LogP contribution in [0.2, 0.25) is 0 Å². The Morgan fingerprint density at radius 1 is 0.321 bits per heavy atom. The van der Waals surface area contributed by atoms with Crippen LogP contribution in [-0.2, 0) is 5.41 Å². The summed E-state index contributed by atoms with van der Waals surface area (Å²) in [6.07, 6.45) is 0. The summed E-state index contributed by atoms with van der Waals surface area (Å²) in [5.74, 6) is 3.52. The lowest BCUT2D eigenvalue weighted by Gasteiger charge is -2.39. The summed E-state index contributed by atoms with van der Waals surface area (Å²) in [6, 6.07) is 64.6. The smallest absolute Gasteiger partial charge is 0.164 e. The molecule has 2 aromatic heterocycles. The van der Waals surface area contributed by atoms with Gasteiger partial charge in [-0.3, -0.25) is 0 Å². The minimum absolute atomic E-state index is 0.606. The minimum Gasteiger partial charge on any atom is -0.457 e. The lowest BCUT2D eigenvalue weighted by Crippen LogP contribution is -2.32. The number of para-hydroxylation sites is 2. The topological polar surface area (TPSA) is 73.7 Å². The Morgan fingerprint density at radius 2 is 0.804 bits per heavy atom. The van der Waals surface area contributed by atoms with Gasteiger partial charge in [-0.25, -0.2) is 15.0 Å². The Morgan fingerprint density at radius 3 is 1.38 bits per heavy atom. The second kappa shape index (κ2) is 12.8. The highest BCUT2D eigenvalue weighted by Gasteiger charge is 2.51. The fourth-order valence-electron chi connectivity index (χ4n) is 8.39. The number of hydrogen-bond donors (Lipinski definition) is 0. The van der Waals surface area contributed by atoms with E-state index >= 15 is 0 Å². The van der Waals surface area contributed by atoms with Gasteiger partial charge in [-0.15, -0.1) is 10.2 Å². The summed E-state index contributed by atoms with van der Waals surface area (Å²) < 4.78 is 6.63. The molecule has 0 saturated carbocycles. The highest BCUT2D eigenvalue weighted by Crippen LogP contribution is 2.62. The first-order valence-corrected chi connectivity index (χ1v) is 18.7. The van der Waals surface area contributed by atoms with E-state index in [1.165, 1.54) is 5.56 Å². The van der Waals surface area contributed by atoms with Crippen molar-refractivity contribution >= 4 is 0 Å². The molecule has 0 fully saturated rings. The van der Waals surface area contributed by atoms with E-state index in [1.54, 1.807) is 0 Å². The molecule has 0 saturated heterocycles. The minimum atomic E-state index is -0.676. The van der Waals surface area contributed by atoms with Gasteiger partial charge in [0.05, 0.1) is 16.8 Å². The SMILES string of the molecule is c1ccc(-c2ccc(-c3ccc4c(c3)-c3ccc(-c5nc(-c6ccccc6)nc(-c6ccccc6)n5)cc3C43c4ccccc4Oc4ccccc43)nn2)cc1. The van der Waals surface area contributed by atoms with Crippen LogP contribution in [0.25, 0.3) is 67.8 Å². The summed E-state index contributed by atoms with van der Waals surface area (Å²) in [4.78, 5) is 15.2. The van der Waals surface area contributed by atoms with Crippen molar-refractivity contribution in [3.63, 3.8) is 0 Å². The molecular formula is C50H31N5O. The summed E-state index contributed by atoms with van der Waals surface area (Å²) in [5.41, 5.74) is 12.5. The quantitative estimate of drug-likeness (QED) is 0.176. The molecule has 262 valence electrons. The van der Waals surface area contributed by atoms with E-state index in [0.717, 1.165) is 78.5 Å². The van der Waals surface area contributed by atoms with Crippen molar-refractivity contribution in [2.24, 2.45) is 0 Å². The lowest BCUT2D eigenvalue weighted by molar-refractivity contribution is 0.436. The fraction of sp³-hybridized carbons (Fsp3) is 0.0200. The van der Waals surface area contributed by atoms with E-state index in [2.05, 4.69) is 96.1 Å². The molecule has 0 N–H and O–H groups in total. The van der Waals surface area contributed by atoms with Crippen LogP contribution in [0.4, 0.5) is 0 Å². The number of fused-ring (bicyclic) bond motifs is 9. The van der Waals surface area contributed by atoms with Gasteiger partial charge in [0.25, 0.3) is 0 Å². The third-order valence-electron chi connectivity index (χ3n) is 10.9. The molecule has 0 unspecified atom stereocenters. The highest BCUT2D eigenvalue weighted by molar-refractivity contribution is 5.92. The number of hydrogen-bond acceptors (Lipinski definition) is 6. The van der Waals surface area contributed by atoms with Crippen molar-refractivity contribution in [3.05, 3.63) is 210 Å². The van der Waals surface area contributed by atoms with E-state index < -0.39 is 5.41 Å². The Bertz CT molecular complexity index is 2830. The number of nitrogens with zero attached hydrogens (tertiary/aromatic N) is 5. The van der Waals surface area contributed by atoms with Crippen molar-refractivity contribution in [1.29, 1.82) is 0 Å². The second-order valence-corrected chi connectivity index (χ2v) is 14.1. The maximum atomic E-state index is 6.63. The number of ether oxygens (including phenoxy) is 1. The van der Waals surface area contributed by atoms with Crippen molar-refractivity contribution < 1.29 is 4.74 Å². The molecule has 6 heteroatoms. The largest absolute Gasteiger partial charge is 0.457 e. The van der Waals surface area contributed by atoms with Gasteiger partial charge in [0, 0.05) is 38.9 Å². The van der Waals surface area contributed by atoms with E-state index in [0.29, 0.717) is 17.5 Å². The molecule has 0 bridgehead atoms. The number of benzene rings is 7. The van der Waals surface area contributed by atoms with Gasteiger partial charge >= 0.3 is 0 Å². The zero-order chi connectivity index (χ0) is 37.1. The van der Waals surface area contributed by atoms with Crippen LogP contribution in [0.1, 0.15) is 22.3 Å². The molecule has 7 aromatic carbocycles. The Hall–Kier alpha value is -7.57. The van der Waals surface area contributed by atoms with Crippen LogP contribution < -0.4 is 4.74 Å². The van der Waals surface area contributed by atoms with Crippen LogP contribution >= 0.6 is 0 Å². The van der Waals surface area contributed by atoms with E-state index in [1.807, 2.05) is 97.1 Å². The number of aromatic nitrogens is 5. The predicted octanol–water partition coefficient (Wildman–Crippen LogP) is 11.5. The van der Waals surface area contributed by atoms with Gasteiger partial charge in [-0.2, -0.15) is 0 Å². The van der Waals surface area contributed by atoms with Gasteiger partial charge < -0.3 is 4.74 Å². The number of rotatable bonds is 5. The third kappa shape index (κ3) is 5.00. The van der Waals surface area contributed by atoms with Gasteiger partial charge in [0.15, 0.2) is 17.5 Å². The van der Waals surface area contributed by atoms with Gasteiger partial charge in [-0.05, 0) is 58.7 Å². The van der Waals surface area contributed by atoms with E-state index in [4.69, 9.17) is 24.8 Å². The molecule has 6 nitrogen and oxygen atoms in total. The molecule has 1 spiro atoms. The zero-order valence-corrected chi connectivity index (χ0v) is 30.0. The van der Waals surface area contributed by atoms with Crippen molar-refractivity contribution in [3.8, 4) is 79.3 Å². The average Bonchev–Trinajstić information content (AvgIpc) is 3.56. The molecule has 1 aliphatic carbocycles. The van der Waals surface area contributed by atoms with Crippen LogP contribution in [0, 0.1) is 0 Å². The maximum absolute atomic E-state index is 6.63. The predicted molar refractivity (Wildman–Crippen MR) is 220 cm³/mol. The molecule has 0 amide bonds. The monoisotopic (exact) mass is 717 g/mol. The zero-order valence-electron chi connectivity index (χ0n) is 30.0. The lowest BCUT2D eigenvalue weighted by atomic mass is 9.66. The highest BCUT2D eigenvalue weighted by atomic mass is 16.5. The van der Waals surface area contributed by atoms with Crippen molar-refractivity contribution in [2.45, 2.75) is 5.41 Å². The van der Waals surface area contributed by atoms with E-state index in [-0.39, 0.29) is 0 Å². The molecule has 0 radical (unpaired) electrons. The Balaban J connectivity index is 1.14. The molecule has 0 atom stereocenters. The van der Waals surface area contributed by atoms with Gasteiger partial charge in [-0.1, -0.05) is 152 Å². The van der Waals surface area contributed by atoms with Gasteiger partial charge in [0.1, 0.15) is 11.5 Å². The van der Waals surface area contributed by atoms with Crippen molar-refractivity contribution in [2.75, 3.05) is 0 Å². The average molecular weight is 718 g/mol. The molecule has 11 rings (SSSR count). The van der Waals surface area contributed by atoms with Gasteiger partial charge in [0.2, 0.25) is 0 Å². The molecular weight excluding hydrogens is 687 g/mol. The first-order chi connectivity index (χ1) is 27.7. The van der Waals surface area contributed by atoms with Crippen LogP contribution in [0.5, 0.6) is 11.5 Å². The summed E-state index contributed by atoms with van der Waals surface area (Å²) in [6.45, 7) is 0.